The first-order valence-electron chi connectivity index (χ1n) is 10.7. The summed E-state index contributed by atoms with van der Waals surface area (Å²) < 4.78 is 28.5. The Morgan fingerprint density at radius 3 is 2.41 bits per heavy atom. The Hall–Kier alpha value is -2.78. The van der Waals surface area contributed by atoms with Gasteiger partial charge in [0.25, 0.3) is 0 Å². The molecular formula is C23H31N5O3S. The summed E-state index contributed by atoms with van der Waals surface area (Å²) in [7, 11) is -3.36. The summed E-state index contributed by atoms with van der Waals surface area (Å²) in [4.78, 5) is 17.0. The summed E-state index contributed by atoms with van der Waals surface area (Å²) in [5.41, 5.74) is 6.31. The number of carbonyl (C=O) groups is 1. The number of aromatic nitrogens is 3. The second kappa shape index (κ2) is 9.79. The number of nitrogens with zero attached hydrogens (tertiary/aromatic N) is 3. The van der Waals surface area contributed by atoms with Crippen LogP contribution in [0.2, 0.25) is 0 Å². The largest absolute Gasteiger partial charge is 0.352 e. The summed E-state index contributed by atoms with van der Waals surface area (Å²) in [6, 6.07) is 9.04. The van der Waals surface area contributed by atoms with Gasteiger partial charge < -0.3 is 5.32 Å². The van der Waals surface area contributed by atoms with Crippen molar-refractivity contribution in [2.45, 2.75) is 65.8 Å². The molecule has 3 aromatic rings. The van der Waals surface area contributed by atoms with E-state index in [9.17, 15) is 13.2 Å². The minimum Gasteiger partial charge on any atom is -0.352 e. The van der Waals surface area contributed by atoms with E-state index < -0.39 is 10.0 Å². The third-order valence-electron chi connectivity index (χ3n) is 5.17. The molecule has 0 radical (unpaired) electrons. The number of amides is 1. The zero-order chi connectivity index (χ0) is 23.5. The topological polar surface area (TPSA) is 105 Å². The van der Waals surface area contributed by atoms with Gasteiger partial charge in [-0.25, -0.2) is 22.6 Å². The second-order valence-corrected chi connectivity index (χ2v) is 10.2. The molecule has 0 saturated heterocycles. The van der Waals surface area contributed by atoms with Gasteiger partial charge in [0, 0.05) is 36.5 Å². The summed E-state index contributed by atoms with van der Waals surface area (Å²) >= 11 is 0. The Morgan fingerprint density at radius 2 is 1.75 bits per heavy atom. The van der Waals surface area contributed by atoms with Crippen molar-refractivity contribution >= 4 is 21.6 Å². The summed E-state index contributed by atoms with van der Waals surface area (Å²) in [5, 5.41) is 7.40. The van der Waals surface area contributed by atoms with Crippen LogP contribution in [0.3, 0.4) is 0 Å². The van der Waals surface area contributed by atoms with Crippen LogP contribution < -0.4 is 10.0 Å². The van der Waals surface area contributed by atoms with E-state index in [1.165, 1.54) is 0 Å². The fourth-order valence-electron chi connectivity index (χ4n) is 3.70. The van der Waals surface area contributed by atoms with E-state index in [4.69, 9.17) is 0 Å². The maximum absolute atomic E-state index is 12.4. The molecular weight excluding hydrogens is 426 g/mol. The van der Waals surface area contributed by atoms with Crippen LogP contribution in [0.25, 0.3) is 5.65 Å². The molecule has 0 spiro atoms. The number of rotatable bonds is 9. The molecule has 0 fully saturated rings. The molecule has 172 valence electrons. The lowest BCUT2D eigenvalue weighted by Gasteiger charge is -2.12. The number of benzene rings is 1. The molecule has 0 aliphatic rings. The number of hydrogen-bond acceptors (Lipinski definition) is 5. The van der Waals surface area contributed by atoms with E-state index in [1.54, 1.807) is 26.0 Å². The van der Waals surface area contributed by atoms with Gasteiger partial charge in [0.05, 0.1) is 11.4 Å². The van der Waals surface area contributed by atoms with E-state index in [1.807, 2.05) is 43.5 Å². The van der Waals surface area contributed by atoms with Crippen molar-refractivity contribution in [1.29, 1.82) is 0 Å². The average Bonchev–Trinajstić information content (AvgIpc) is 3.06. The van der Waals surface area contributed by atoms with E-state index in [2.05, 4.69) is 20.1 Å². The van der Waals surface area contributed by atoms with Crippen LogP contribution in [-0.2, 0) is 33.5 Å². The highest BCUT2D eigenvalue weighted by atomic mass is 32.2. The maximum Gasteiger partial charge on any atom is 0.220 e. The summed E-state index contributed by atoms with van der Waals surface area (Å²) in [6.07, 6.45) is 0.942. The van der Waals surface area contributed by atoms with Gasteiger partial charge in [0.2, 0.25) is 15.9 Å². The van der Waals surface area contributed by atoms with Crippen LogP contribution in [0.15, 0.2) is 30.3 Å². The molecule has 0 atom stereocenters. The highest BCUT2D eigenvalue weighted by Crippen LogP contribution is 2.17. The van der Waals surface area contributed by atoms with Crippen LogP contribution in [0.1, 0.15) is 54.0 Å². The first kappa shape index (κ1) is 23.9. The molecule has 2 N–H and O–H groups in total. The standard InChI is InChI=1S/C23H31N5O3S/c1-15(2)27-32(30,31)14-20-8-6-19(7-9-20)13-24-23(29)11-10-21-17(4)25-22-12-16(3)26-28(22)18(21)5/h6-9,12,15,27H,10-11,13-14H2,1-5H3,(H,24,29). The Labute approximate surface area is 189 Å². The molecule has 1 aromatic carbocycles. The molecule has 3 rings (SSSR count). The molecule has 0 bridgehead atoms. The lowest BCUT2D eigenvalue weighted by molar-refractivity contribution is -0.121. The predicted octanol–water partition coefficient (Wildman–Crippen LogP) is 2.73. The maximum atomic E-state index is 12.4. The van der Waals surface area contributed by atoms with Crippen molar-refractivity contribution < 1.29 is 13.2 Å². The van der Waals surface area contributed by atoms with Crippen LogP contribution in [0.4, 0.5) is 0 Å². The van der Waals surface area contributed by atoms with Gasteiger partial charge >= 0.3 is 0 Å². The van der Waals surface area contributed by atoms with E-state index in [0.29, 0.717) is 24.9 Å². The average molecular weight is 458 g/mol. The highest BCUT2D eigenvalue weighted by molar-refractivity contribution is 7.88. The molecule has 32 heavy (non-hydrogen) atoms. The molecule has 0 unspecified atom stereocenters. The zero-order valence-electron chi connectivity index (χ0n) is 19.3. The van der Waals surface area contributed by atoms with Gasteiger partial charge in [-0.05, 0) is 57.7 Å². The second-order valence-electron chi connectivity index (χ2n) is 8.44. The van der Waals surface area contributed by atoms with Gasteiger partial charge in [-0.3, -0.25) is 4.79 Å². The van der Waals surface area contributed by atoms with Crippen molar-refractivity contribution in [3.63, 3.8) is 0 Å². The predicted molar refractivity (Wildman–Crippen MR) is 125 cm³/mol. The SMILES string of the molecule is Cc1cc2nc(C)c(CCC(=O)NCc3ccc(CS(=O)(=O)NC(C)C)cc3)c(C)n2n1. The van der Waals surface area contributed by atoms with Crippen LogP contribution in [-0.4, -0.2) is 35.0 Å². The van der Waals surface area contributed by atoms with E-state index in [0.717, 1.165) is 33.9 Å². The van der Waals surface area contributed by atoms with Crippen molar-refractivity contribution in [2.75, 3.05) is 0 Å². The van der Waals surface area contributed by atoms with Gasteiger partial charge in [-0.15, -0.1) is 0 Å². The fourth-order valence-corrected chi connectivity index (χ4v) is 5.14. The number of nitrogens with one attached hydrogen (secondary N) is 2. The number of carbonyl (C=O) groups excluding carboxylic acids is 1. The van der Waals surface area contributed by atoms with Crippen molar-refractivity contribution in [3.8, 4) is 0 Å². The first-order valence-corrected chi connectivity index (χ1v) is 12.4. The Morgan fingerprint density at radius 1 is 1.09 bits per heavy atom. The third kappa shape index (κ3) is 6.14. The number of sulfonamides is 1. The smallest absolute Gasteiger partial charge is 0.220 e. The first-order chi connectivity index (χ1) is 15.0. The van der Waals surface area contributed by atoms with Gasteiger partial charge in [0.1, 0.15) is 0 Å². The quantitative estimate of drug-likeness (QED) is 0.514. The Kier molecular flexibility index (Phi) is 7.30. The molecule has 1 amide bonds. The zero-order valence-corrected chi connectivity index (χ0v) is 20.1. The number of fused-ring (bicyclic) bond motifs is 1. The molecule has 0 aliphatic heterocycles. The summed E-state index contributed by atoms with van der Waals surface area (Å²) in [6.45, 7) is 9.87. The number of hydrogen-bond donors (Lipinski definition) is 2. The molecule has 9 heteroatoms. The van der Waals surface area contributed by atoms with Crippen molar-refractivity contribution in [3.05, 3.63) is 64.1 Å². The highest BCUT2D eigenvalue weighted by Gasteiger charge is 2.14. The molecule has 2 aromatic heterocycles. The van der Waals surface area contributed by atoms with Crippen molar-refractivity contribution in [1.82, 2.24) is 24.6 Å². The fraction of sp³-hybridized carbons (Fsp3) is 0.435. The lowest BCUT2D eigenvalue weighted by Crippen LogP contribution is -2.31. The third-order valence-corrected chi connectivity index (χ3v) is 6.72. The summed E-state index contributed by atoms with van der Waals surface area (Å²) in [5.74, 6) is -0.113. The van der Waals surface area contributed by atoms with E-state index in [-0.39, 0.29) is 17.7 Å². The van der Waals surface area contributed by atoms with Gasteiger partial charge in [-0.1, -0.05) is 24.3 Å². The minimum absolute atomic E-state index is 0.0478. The molecule has 8 nitrogen and oxygen atoms in total. The normalized spacial score (nSPS) is 11.9. The van der Waals surface area contributed by atoms with E-state index >= 15 is 0 Å². The number of aryl methyl sites for hydroxylation is 3. The lowest BCUT2D eigenvalue weighted by atomic mass is 10.1. The Balaban J connectivity index is 1.54. The van der Waals surface area contributed by atoms with Gasteiger partial charge in [-0.2, -0.15) is 5.10 Å². The minimum atomic E-state index is -3.36. The van der Waals surface area contributed by atoms with Gasteiger partial charge in [0.15, 0.2) is 5.65 Å². The van der Waals surface area contributed by atoms with Crippen molar-refractivity contribution in [2.24, 2.45) is 0 Å². The van der Waals surface area contributed by atoms with Crippen LogP contribution in [0.5, 0.6) is 0 Å². The molecule has 2 heterocycles. The molecule has 0 aliphatic carbocycles. The Bertz CT molecular complexity index is 1210. The monoisotopic (exact) mass is 457 g/mol. The molecule has 0 saturated carbocycles. The van der Waals surface area contributed by atoms with Crippen LogP contribution >= 0.6 is 0 Å². The van der Waals surface area contributed by atoms with Crippen LogP contribution in [0, 0.1) is 20.8 Å².